The molecule has 1 saturated heterocycles. The van der Waals surface area contributed by atoms with Crippen LogP contribution in [0.3, 0.4) is 0 Å². The molecule has 22 heavy (non-hydrogen) atoms. The Balaban J connectivity index is 1.73. The number of hydrogen-bond donors (Lipinski definition) is 1. The average molecular weight is 325 g/mol. The first-order valence-electron chi connectivity index (χ1n) is 7.38. The zero-order valence-electron chi connectivity index (χ0n) is 13.1. The van der Waals surface area contributed by atoms with Crippen molar-refractivity contribution in [1.29, 1.82) is 0 Å². The topological polar surface area (TPSA) is 69.7 Å². The average Bonchev–Trinajstić information content (AvgIpc) is 2.47. The van der Waals surface area contributed by atoms with Crippen molar-refractivity contribution < 1.29 is 13.2 Å². The molecule has 0 spiro atoms. The van der Waals surface area contributed by atoms with E-state index in [-0.39, 0.29) is 5.91 Å². The van der Waals surface area contributed by atoms with E-state index in [9.17, 15) is 13.2 Å². The minimum Gasteiger partial charge on any atom is -0.351 e. The fraction of sp³-hybridized carbons (Fsp3) is 0.533. The van der Waals surface area contributed by atoms with Gasteiger partial charge < -0.3 is 5.32 Å². The molecule has 0 aliphatic carbocycles. The Kier molecular flexibility index (Phi) is 5.55. The third-order valence-electron chi connectivity index (χ3n) is 3.79. The van der Waals surface area contributed by atoms with Gasteiger partial charge in [-0.25, -0.2) is 8.42 Å². The first kappa shape index (κ1) is 16.9. The van der Waals surface area contributed by atoms with E-state index in [2.05, 4.69) is 10.2 Å². The van der Waals surface area contributed by atoms with Gasteiger partial charge >= 0.3 is 0 Å². The van der Waals surface area contributed by atoms with Gasteiger partial charge in [-0.3, -0.25) is 9.69 Å². The molecule has 122 valence electrons. The summed E-state index contributed by atoms with van der Waals surface area (Å²) >= 11 is 0. The van der Waals surface area contributed by atoms with Crippen LogP contribution in [0.4, 0.5) is 0 Å². The normalized spacial score (nSPS) is 17.4. The van der Waals surface area contributed by atoms with Crippen LogP contribution < -0.4 is 5.32 Å². The van der Waals surface area contributed by atoms with Gasteiger partial charge in [-0.2, -0.15) is 4.31 Å². The third-order valence-corrected chi connectivity index (χ3v) is 5.10. The molecule has 1 fully saturated rings. The van der Waals surface area contributed by atoms with E-state index in [0.717, 1.165) is 12.1 Å². The molecular weight excluding hydrogens is 302 g/mol. The minimum atomic E-state index is -3.09. The molecule has 1 N–H and O–H groups in total. The maximum absolute atomic E-state index is 12.0. The molecule has 7 heteroatoms. The van der Waals surface area contributed by atoms with Gasteiger partial charge in [-0.05, 0) is 19.1 Å². The first-order valence-corrected chi connectivity index (χ1v) is 9.23. The number of aryl methyl sites for hydroxylation is 1. The van der Waals surface area contributed by atoms with Crippen molar-refractivity contribution in [2.75, 3.05) is 45.5 Å². The van der Waals surface area contributed by atoms with Gasteiger partial charge in [0, 0.05) is 44.8 Å². The zero-order valence-corrected chi connectivity index (χ0v) is 13.9. The molecule has 1 heterocycles. The summed E-state index contributed by atoms with van der Waals surface area (Å²) in [7, 11) is -3.09. The Morgan fingerprint density at radius 3 is 2.50 bits per heavy atom. The van der Waals surface area contributed by atoms with E-state index in [4.69, 9.17) is 0 Å². The van der Waals surface area contributed by atoms with Gasteiger partial charge in [0.2, 0.25) is 10.0 Å². The van der Waals surface area contributed by atoms with Crippen molar-refractivity contribution in [3.8, 4) is 0 Å². The summed E-state index contributed by atoms with van der Waals surface area (Å²) in [5.41, 5.74) is 1.73. The van der Waals surface area contributed by atoms with Crippen molar-refractivity contribution in [3.05, 3.63) is 35.4 Å². The molecule has 1 aliphatic heterocycles. The molecule has 0 radical (unpaired) electrons. The first-order chi connectivity index (χ1) is 10.4. The molecule has 1 aromatic rings. The van der Waals surface area contributed by atoms with Crippen molar-refractivity contribution >= 4 is 15.9 Å². The van der Waals surface area contributed by atoms with Crippen LogP contribution in [0.15, 0.2) is 24.3 Å². The lowest BCUT2D eigenvalue weighted by Crippen LogP contribution is -2.49. The Morgan fingerprint density at radius 2 is 1.91 bits per heavy atom. The largest absolute Gasteiger partial charge is 0.351 e. The number of sulfonamides is 1. The molecule has 0 saturated carbocycles. The number of benzene rings is 1. The molecule has 1 aliphatic rings. The van der Waals surface area contributed by atoms with Crippen molar-refractivity contribution in [1.82, 2.24) is 14.5 Å². The maximum Gasteiger partial charge on any atom is 0.251 e. The number of nitrogens with one attached hydrogen (secondary N) is 1. The fourth-order valence-corrected chi connectivity index (χ4v) is 3.33. The zero-order chi connectivity index (χ0) is 16.2. The van der Waals surface area contributed by atoms with Gasteiger partial charge in [-0.15, -0.1) is 0 Å². The summed E-state index contributed by atoms with van der Waals surface area (Å²) < 4.78 is 24.4. The Morgan fingerprint density at radius 1 is 1.23 bits per heavy atom. The van der Waals surface area contributed by atoms with Crippen LogP contribution in [0.5, 0.6) is 0 Å². The highest BCUT2D eigenvalue weighted by Gasteiger charge is 2.22. The second-order valence-corrected chi connectivity index (χ2v) is 7.61. The van der Waals surface area contributed by atoms with E-state index < -0.39 is 10.0 Å². The van der Waals surface area contributed by atoms with Crippen LogP contribution in [0.1, 0.15) is 15.9 Å². The smallest absolute Gasteiger partial charge is 0.251 e. The van der Waals surface area contributed by atoms with Gasteiger partial charge in [0.05, 0.1) is 6.26 Å². The van der Waals surface area contributed by atoms with Gasteiger partial charge in [0.15, 0.2) is 0 Å². The monoisotopic (exact) mass is 325 g/mol. The lowest BCUT2D eigenvalue weighted by molar-refractivity contribution is 0.0945. The van der Waals surface area contributed by atoms with Crippen LogP contribution in [-0.2, 0) is 10.0 Å². The van der Waals surface area contributed by atoms with E-state index in [1.165, 1.54) is 10.6 Å². The number of carbonyl (C=O) groups excluding carboxylic acids is 1. The van der Waals surface area contributed by atoms with Crippen LogP contribution in [0.2, 0.25) is 0 Å². The molecule has 0 unspecified atom stereocenters. The third kappa shape index (κ3) is 4.79. The van der Waals surface area contributed by atoms with Crippen molar-refractivity contribution in [2.45, 2.75) is 6.92 Å². The summed E-state index contributed by atoms with van der Waals surface area (Å²) in [5.74, 6) is -0.0709. The Bertz CT molecular complexity index is 623. The van der Waals surface area contributed by atoms with Crippen LogP contribution in [0, 0.1) is 6.92 Å². The Hall–Kier alpha value is -1.44. The molecule has 0 aromatic heterocycles. The standard InChI is InChI=1S/C15H23N3O3S/c1-13-4-3-5-14(12-13)15(19)16-6-7-17-8-10-18(11-9-17)22(2,20)21/h3-5,12H,6-11H2,1-2H3,(H,16,19). The number of piperazine rings is 1. The highest BCUT2D eigenvalue weighted by Crippen LogP contribution is 2.06. The Labute approximate surface area is 132 Å². The van der Waals surface area contributed by atoms with E-state index in [0.29, 0.717) is 38.3 Å². The number of nitrogens with zero attached hydrogens (tertiary/aromatic N) is 2. The maximum atomic E-state index is 12.0. The number of carbonyl (C=O) groups is 1. The predicted molar refractivity (Wildman–Crippen MR) is 86.4 cm³/mol. The lowest BCUT2D eigenvalue weighted by Gasteiger charge is -2.33. The SMILES string of the molecule is Cc1cccc(C(=O)NCCN2CCN(S(C)(=O)=O)CC2)c1. The summed E-state index contributed by atoms with van der Waals surface area (Å²) in [6.45, 7) is 5.69. The fourth-order valence-electron chi connectivity index (χ4n) is 2.50. The van der Waals surface area contributed by atoms with Crippen molar-refractivity contribution in [3.63, 3.8) is 0 Å². The summed E-state index contributed by atoms with van der Waals surface area (Å²) in [5, 5.41) is 2.90. The van der Waals surface area contributed by atoms with E-state index >= 15 is 0 Å². The van der Waals surface area contributed by atoms with Crippen LogP contribution in [-0.4, -0.2) is 69.1 Å². The molecule has 6 nitrogen and oxygen atoms in total. The minimum absolute atomic E-state index is 0.0709. The highest BCUT2D eigenvalue weighted by atomic mass is 32.2. The van der Waals surface area contributed by atoms with E-state index in [1.54, 1.807) is 6.07 Å². The number of amides is 1. The second kappa shape index (κ2) is 7.21. The van der Waals surface area contributed by atoms with Crippen LogP contribution in [0.25, 0.3) is 0 Å². The quantitative estimate of drug-likeness (QED) is 0.845. The number of hydrogen-bond acceptors (Lipinski definition) is 4. The molecule has 0 bridgehead atoms. The molecule has 1 amide bonds. The second-order valence-electron chi connectivity index (χ2n) is 5.63. The highest BCUT2D eigenvalue weighted by molar-refractivity contribution is 7.88. The van der Waals surface area contributed by atoms with E-state index in [1.807, 2.05) is 25.1 Å². The van der Waals surface area contributed by atoms with Crippen molar-refractivity contribution in [2.24, 2.45) is 0 Å². The number of rotatable bonds is 5. The summed E-state index contributed by atoms with van der Waals surface area (Å²) in [6, 6.07) is 7.49. The summed E-state index contributed by atoms with van der Waals surface area (Å²) in [6.07, 6.45) is 1.24. The lowest BCUT2D eigenvalue weighted by atomic mass is 10.1. The molecule has 2 rings (SSSR count). The summed E-state index contributed by atoms with van der Waals surface area (Å²) in [4.78, 5) is 14.2. The van der Waals surface area contributed by atoms with Gasteiger partial charge in [0.1, 0.15) is 0 Å². The van der Waals surface area contributed by atoms with Gasteiger partial charge in [-0.1, -0.05) is 17.7 Å². The molecule has 0 atom stereocenters. The molecule has 1 aromatic carbocycles. The predicted octanol–water partition coefficient (Wildman–Crippen LogP) is 0.302. The molecular formula is C15H23N3O3S. The van der Waals surface area contributed by atoms with Gasteiger partial charge in [0.25, 0.3) is 5.91 Å². The van der Waals surface area contributed by atoms with Crippen LogP contribution >= 0.6 is 0 Å².